The minimum absolute atomic E-state index is 0.0171. The molecule has 1 amide bonds. The van der Waals surface area contributed by atoms with Crippen LogP contribution in [-0.2, 0) is 4.74 Å². The van der Waals surface area contributed by atoms with Crippen molar-refractivity contribution >= 4 is 6.09 Å². The number of fused-ring (bicyclic) bond motifs is 5. The van der Waals surface area contributed by atoms with E-state index in [9.17, 15) is 9.90 Å². The summed E-state index contributed by atoms with van der Waals surface area (Å²) in [6.07, 6.45) is 11.3. The van der Waals surface area contributed by atoms with Gasteiger partial charge in [0.15, 0.2) is 0 Å². The molecular formula is C24H39NO3. The van der Waals surface area contributed by atoms with Crippen LogP contribution in [0.4, 0.5) is 4.79 Å². The number of nitrogens with zero attached hydrogens (tertiary/aromatic N) is 1. The quantitative estimate of drug-likeness (QED) is 0.675. The fourth-order valence-corrected chi connectivity index (χ4v) is 7.80. The zero-order valence-electron chi connectivity index (χ0n) is 18.4. The lowest BCUT2D eigenvalue weighted by atomic mass is 9.47. The summed E-state index contributed by atoms with van der Waals surface area (Å²) in [5.41, 5.74) is 2.12. The molecule has 158 valence electrons. The molecule has 0 aromatic heterocycles. The normalized spacial score (nSPS) is 45.9. The number of aliphatic hydroxyl groups excluding tert-OH is 1. The molecule has 4 aliphatic carbocycles. The largest absolute Gasteiger partial charge is 0.446 e. The zero-order valence-corrected chi connectivity index (χ0v) is 18.4. The summed E-state index contributed by atoms with van der Waals surface area (Å²) in [7, 11) is 3.51. The first-order valence-electron chi connectivity index (χ1n) is 11.4. The van der Waals surface area contributed by atoms with Crippen LogP contribution >= 0.6 is 0 Å². The summed E-state index contributed by atoms with van der Waals surface area (Å²) in [4.78, 5) is 13.6. The Balaban J connectivity index is 1.54. The minimum atomic E-state index is -0.216. The predicted molar refractivity (Wildman–Crippen MR) is 111 cm³/mol. The van der Waals surface area contributed by atoms with Gasteiger partial charge in [-0.2, -0.15) is 0 Å². The Morgan fingerprint density at radius 2 is 1.93 bits per heavy atom. The van der Waals surface area contributed by atoms with E-state index in [0.29, 0.717) is 11.3 Å². The van der Waals surface area contributed by atoms with Crippen molar-refractivity contribution in [3.05, 3.63) is 11.6 Å². The van der Waals surface area contributed by atoms with E-state index in [1.807, 2.05) is 0 Å². The first kappa shape index (κ1) is 20.3. The van der Waals surface area contributed by atoms with E-state index >= 15 is 0 Å². The molecule has 8 atom stereocenters. The van der Waals surface area contributed by atoms with Crippen molar-refractivity contribution in [3.8, 4) is 0 Å². The lowest BCUT2D eigenvalue weighted by molar-refractivity contribution is -0.0708. The number of amides is 1. The van der Waals surface area contributed by atoms with Crippen molar-refractivity contribution in [2.45, 2.75) is 84.3 Å². The van der Waals surface area contributed by atoms with E-state index in [-0.39, 0.29) is 23.7 Å². The van der Waals surface area contributed by atoms with Crippen molar-refractivity contribution in [2.24, 2.45) is 34.5 Å². The third kappa shape index (κ3) is 3.02. The molecule has 4 nitrogen and oxygen atoms in total. The van der Waals surface area contributed by atoms with Crippen molar-refractivity contribution < 1.29 is 14.6 Å². The Bertz CT molecular complexity index is 658. The van der Waals surface area contributed by atoms with Crippen LogP contribution in [0.2, 0.25) is 0 Å². The topological polar surface area (TPSA) is 49.8 Å². The molecule has 0 aliphatic heterocycles. The van der Waals surface area contributed by atoms with E-state index < -0.39 is 0 Å². The van der Waals surface area contributed by atoms with Gasteiger partial charge in [0.1, 0.15) is 6.10 Å². The van der Waals surface area contributed by atoms with Crippen molar-refractivity contribution in [2.75, 3.05) is 14.1 Å². The Labute approximate surface area is 170 Å². The van der Waals surface area contributed by atoms with Gasteiger partial charge in [-0.25, -0.2) is 4.79 Å². The first-order valence-corrected chi connectivity index (χ1v) is 11.4. The SMILES string of the molecule is C[C@H](OC(=O)N(C)C)[C@H]1CC[C@H]2[C@@H]3CC=C4C[C@@H](O)CC[C@]4(C)[C@H]3CC[C@]12C. The van der Waals surface area contributed by atoms with Gasteiger partial charge in [0.05, 0.1) is 6.10 Å². The standard InChI is InChI=1S/C24H39NO3/c1-15(28-22(27)25(4)5)19-8-9-20-18-7-6-16-14-17(26)10-12-23(16,2)21(18)11-13-24(19,20)3/h6,15,17-21,26H,7-14H2,1-5H3/t15-,17-,18-,19+,20-,21-,23-,24+/m0/s1. The fourth-order valence-electron chi connectivity index (χ4n) is 7.80. The number of carbonyl (C=O) groups excluding carboxylic acids is 1. The van der Waals surface area contributed by atoms with Gasteiger partial charge in [-0.1, -0.05) is 25.5 Å². The van der Waals surface area contributed by atoms with E-state index in [1.165, 1.54) is 37.0 Å². The van der Waals surface area contributed by atoms with Crippen LogP contribution in [0.1, 0.15) is 72.1 Å². The van der Waals surface area contributed by atoms with E-state index in [0.717, 1.165) is 37.0 Å². The third-order valence-corrected chi connectivity index (χ3v) is 9.37. The van der Waals surface area contributed by atoms with E-state index in [1.54, 1.807) is 19.7 Å². The fraction of sp³-hybridized carbons (Fsp3) is 0.875. The number of ether oxygens (including phenoxy) is 1. The zero-order chi connectivity index (χ0) is 20.3. The summed E-state index contributed by atoms with van der Waals surface area (Å²) in [5.74, 6) is 2.72. The highest BCUT2D eigenvalue weighted by atomic mass is 16.6. The molecule has 4 rings (SSSR count). The van der Waals surface area contributed by atoms with Crippen LogP contribution in [0.5, 0.6) is 0 Å². The molecule has 28 heavy (non-hydrogen) atoms. The molecule has 0 radical (unpaired) electrons. The highest BCUT2D eigenvalue weighted by Crippen LogP contribution is 2.66. The lowest BCUT2D eigenvalue weighted by Crippen LogP contribution is -2.51. The van der Waals surface area contributed by atoms with Gasteiger partial charge in [0, 0.05) is 20.0 Å². The number of aliphatic hydroxyl groups is 1. The molecule has 0 unspecified atom stereocenters. The summed E-state index contributed by atoms with van der Waals surface area (Å²) in [6.45, 7) is 7.07. The molecule has 0 saturated heterocycles. The summed E-state index contributed by atoms with van der Waals surface area (Å²) < 4.78 is 5.81. The van der Waals surface area contributed by atoms with Gasteiger partial charge in [0.25, 0.3) is 0 Å². The van der Waals surface area contributed by atoms with Crippen molar-refractivity contribution in [1.29, 1.82) is 0 Å². The second kappa shape index (κ2) is 7.04. The van der Waals surface area contributed by atoms with Crippen LogP contribution in [0.3, 0.4) is 0 Å². The molecule has 3 saturated carbocycles. The van der Waals surface area contributed by atoms with Gasteiger partial charge in [-0.05, 0) is 86.9 Å². The van der Waals surface area contributed by atoms with Crippen molar-refractivity contribution in [3.63, 3.8) is 0 Å². The van der Waals surface area contributed by atoms with Crippen LogP contribution in [0, 0.1) is 34.5 Å². The number of rotatable bonds is 2. The average Bonchev–Trinajstić information content (AvgIpc) is 2.99. The molecule has 0 heterocycles. The van der Waals surface area contributed by atoms with Crippen LogP contribution < -0.4 is 0 Å². The van der Waals surface area contributed by atoms with Crippen molar-refractivity contribution in [1.82, 2.24) is 4.90 Å². The molecule has 4 heteroatoms. The molecular weight excluding hydrogens is 350 g/mol. The van der Waals surface area contributed by atoms with Crippen LogP contribution in [0.15, 0.2) is 11.6 Å². The molecule has 3 fully saturated rings. The summed E-state index contributed by atoms with van der Waals surface area (Å²) in [6, 6.07) is 0. The third-order valence-electron chi connectivity index (χ3n) is 9.37. The van der Waals surface area contributed by atoms with Gasteiger partial charge in [-0.3, -0.25) is 0 Å². The Morgan fingerprint density at radius 1 is 1.18 bits per heavy atom. The molecule has 0 spiro atoms. The summed E-state index contributed by atoms with van der Waals surface area (Å²) in [5, 5.41) is 10.2. The number of hydrogen-bond donors (Lipinski definition) is 1. The van der Waals surface area contributed by atoms with Gasteiger partial charge in [0.2, 0.25) is 0 Å². The maximum Gasteiger partial charge on any atom is 0.409 e. The second-order valence-corrected chi connectivity index (χ2v) is 10.9. The molecule has 0 aromatic carbocycles. The minimum Gasteiger partial charge on any atom is -0.446 e. The van der Waals surface area contributed by atoms with Gasteiger partial charge in [-0.15, -0.1) is 0 Å². The Kier molecular flexibility index (Phi) is 5.09. The molecule has 0 aromatic rings. The van der Waals surface area contributed by atoms with Crippen LogP contribution in [0.25, 0.3) is 0 Å². The maximum atomic E-state index is 12.1. The predicted octanol–water partition coefficient (Wildman–Crippen LogP) is 5.01. The lowest BCUT2D eigenvalue weighted by Gasteiger charge is -2.58. The average molecular weight is 390 g/mol. The first-order chi connectivity index (χ1) is 13.2. The number of allylic oxidation sites excluding steroid dienone is 1. The maximum absolute atomic E-state index is 12.1. The number of carbonyl (C=O) groups is 1. The molecule has 1 N–H and O–H groups in total. The molecule has 0 bridgehead atoms. The Morgan fingerprint density at radius 3 is 2.64 bits per heavy atom. The van der Waals surface area contributed by atoms with E-state index in [4.69, 9.17) is 4.74 Å². The smallest absolute Gasteiger partial charge is 0.409 e. The summed E-state index contributed by atoms with van der Waals surface area (Å²) >= 11 is 0. The second-order valence-electron chi connectivity index (χ2n) is 10.9. The number of hydrogen-bond acceptors (Lipinski definition) is 3. The van der Waals surface area contributed by atoms with E-state index in [2.05, 4.69) is 26.8 Å². The van der Waals surface area contributed by atoms with Gasteiger partial charge >= 0.3 is 6.09 Å². The Hall–Kier alpha value is -1.03. The monoisotopic (exact) mass is 389 g/mol. The highest BCUT2D eigenvalue weighted by Gasteiger charge is 2.59. The highest BCUT2D eigenvalue weighted by molar-refractivity contribution is 5.67. The van der Waals surface area contributed by atoms with Gasteiger partial charge < -0.3 is 14.7 Å². The van der Waals surface area contributed by atoms with Crippen LogP contribution in [-0.4, -0.2) is 42.4 Å². The molecule has 4 aliphatic rings.